The molecule has 2 nitrogen and oxygen atoms in total. The maximum atomic E-state index is 13.3. The molecule has 0 aromatic heterocycles. The zero-order valence-corrected chi connectivity index (χ0v) is 17.6. The molecule has 3 aromatic rings. The molecule has 0 N–H and O–H groups in total. The van der Waals surface area contributed by atoms with Gasteiger partial charge in [-0.3, -0.25) is 0 Å². The maximum absolute atomic E-state index is 13.3. The molecule has 29 heavy (non-hydrogen) atoms. The third kappa shape index (κ3) is 6.22. The van der Waals surface area contributed by atoms with Gasteiger partial charge in [-0.2, -0.15) is 0 Å². The van der Waals surface area contributed by atoms with Gasteiger partial charge >= 0.3 is 0 Å². The number of hydrogen-bond donors (Lipinski definition) is 0. The van der Waals surface area contributed by atoms with Crippen LogP contribution < -0.4 is 4.74 Å². The number of hydrogen-bond acceptors (Lipinski definition) is 2. The lowest BCUT2D eigenvalue weighted by molar-refractivity contribution is 0.171. The molecule has 1 aliphatic heterocycles. The van der Waals surface area contributed by atoms with Gasteiger partial charge in [0.05, 0.1) is 13.2 Å². The molecule has 0 saturated heterocycles. The van der Waals surface area contributed by atoms with Gasteiger partial charge in [0.25, 0.3) is 0 Å². The van der Waals surface area contributed by atoms with E-state index in [4.69, 9.17) is 4.74 Å². The third-order valence-electron chi connectivity index (χ3n) is 4.10. The van der Waals surface area contributed by atoms with E-state index in [2.05, 4.69) is 45.3 Å². The molecule has 1 unspecified atom stereocenters. The van der Waals surface area contributed by atoms with E-state index < -0.39 is 5.83 Å². The second-order valence-electron chi connectivity index (χ2n) is 6.12. The first-order valence-electron chi connectivity index (χ1n) is 9.15. The summed E-state index contributed by atoms with van der Waals surface area (Å²) in [5.41, 5.74) is 2.04. The predicted octanol–water partition coefficient (Wildman–Crippen LogP) is 6.84. The monoisotopic (exact) mass is 414 g/mol. The van der Waals surface area contributed by atoms with Crippen LogP contribution in [0.1, 0.15) is 11.1 Å². The SMILES string of the molecule is C=CCOCC(=C)F.CP.Fc1ccc2c(c1)Cc1c(ccc3ccccc13)O2. The van der Waals surface area contributed by atoms with Crippen LogP contribution in [-0.2, 0) is 11.2 Å². The largest absolute Gasteiger partial charge is 0.457 e. The minimum atomic E-state index is -0.452. The second kappa shape index (κ2) is 11.5. The normalized spacial score (nSPS) is 10.9. The zero-order valence-electron chi connectivity index (χ0n) is 16.5. The summed E-state index contributed by atoms with van der Waals surface area (Å²) < 4.78 is 35.5. The van der Waals surface area contributed by atoms with E-state index in [1.807, 2.05) is 24.9 Å². The van der Waals surface area contributed by atoms with Crippen molar-refractivity contribution >= 4 is 20.0 Å². The van der Waals surface area contributed by atoms with Gasteiger partial charge in [-0.25, -0.2) is 8.78 Å². The van der Waals surface area contributed by atoms with Crippen molar-refractivity contribution < 1.29 is 18.3 Å². The topological polar surface area (TPSA) is 18.5 Å². The third-order valence-corrected chi connectivity index (χ3v) is 4.10. The molecule has 0 fully saturated rings. The van der Waals surface area contributed by atoms with Crippen molar-refractivity contribution in [2.45, 2.75) is 6.42 Å². The van der Waals surface area contributed by atoms with Gasteiger partial charge in [-0.05, 0) is 35.0 Å². The van der Waals surface area contributed by atoms with Gasteiger partial charge in [-0.15, -0.1) is 15.8 Å². The fourth-order valence-electron chi connectivity index (χ4n) is 2.94. The van der Waals surface area contributed by atoms with Crippen molar-refractivity contribution in [3.05, 3.63) is 96.6 Å². The van der Waals surface area contributed by atoms with E-state index in [0.29, 0.717) is 13.0 Å². The Balaban J connectivity index is 0.000000257. The van der Waals surface area contributed by atoms with Crippen molar-refractivity contribution in [3.63, 3.8) is 0 Å². The highest BCUT2D eigenvalue weighted by molar-refractivity contribution is 7.15. The Morgan fingerprint density at radius 2 is 1.86 bits per heavy atom. The lowest BCUT2D eigenvalue weighted by Gasteiger charge is -2.21. The first-order valence-corrected chi connectivity index (χ1v) is 10.3. The minimum Gasteiger partial charge on any atom is -0.457 e. The van der Waals surface area contributed by atoms with Crippen molar-refractivity contribution in [3.8, 4) is 11.5 Å². The first-order chi connectivity index (χ1) is 14.1. The summed E-state index contributed by atoms with van der Waals surface area (Å²) in [5, 5.41) is 2.36. The number of halogens is 2. The van der Waals surface area contributed by atoms with Crippen LogP contribution >= 0.6 is 9.24 Å². The van der Waals surface area contributed by atoms with E-state index >= 15 is 0 Å². The van der Waals surface area contributed by atoms with Gasteiger partial charge in [0.1, 0.15) is 23.1 Å². The predicted molar refractivity (Wildman–Crippen MR) is 120 cm³/mol. The first kappa shape index (κ1) is 22.7. The summed E-state index contributed by atoms with van der Waals surface area (Å²) in [7, 11) is 2.42. The highest BCUT2D eigenvalue weighted by Gasteiger charge is 2.19. The Morgan fingerprint density at radius 3 is 2.59 bits per heavy atom. The van der Waals surface area contributed by atoms with Gasteiger partial charge < -0.3 is 9.47 Å². The fourth-order valence-corrected chi connectivity index (χ4v) is 2.94. The molecule has 3 aromatic carbocycles. The fraction of sp³-hybridized carbons (Fsp3) is 0.167. The summed E-state index contributed by atoms with van der Waals surface area (Å²) in [6.07, 6.45) is 2.27. The lowest BCUT2D eigenvalue weighted by atomic mass is 9.95. The molecular weight excluding hydrogens is 389 g/mol. The Bertz CT molecular complexity index is 986. The summed E-state index contributed by atoms with van der Waals surface area (Å²) in [6.45, 7) is 8.65. The van der Waals surface area contributed by atoms with Crippen molar-refractivity contribution in [1.29, 1.82) is 0 Å². The zero-order chi connectivity index (χ0) is 21.2. The molecule has 0 radical (unpaired) electrons. The van der Waals surface area contributed by atoms with E-state index in [-0.39, 0.29) is 12.4 Å². The average Bonchev–Trinajstić information content (AvgIpc) is 2.74. The smallest absolute Gasteiger partial charge is 0.131 e. The summed E-state index contributed by atoms with van der Waals surface area (Å²) in [6, 6.07) is 16.9. The molecule has 0 saturated carbocycles. The maximum Gasteiger partial charge on any atom is 0.131 e. The van der Waals surface area contributed by atoms with Gasteiger partial charge in [0.15, 0.2) is 0 Å². The van der Waals surface area contributed by atoms with Crippen molar-refractivity contribution in [1.82, 2.24) is 0 Å². The summed E-state index contributed by atoms with van der Waals surface area (Å²) in [4.78, 5) is 0. The van der Waals surface area contributed by atoms with Crippen LogP contribution in [0.25, 0.3) is 10.8 Å². The Labute approximate surface area is 173 Å². The molecule has 0 spiro atoms. The standard InChI is InChI=1S/C17H11FO.C6H9FO.CH5P/c18-13-6-8-16-12(9-13)10-15-14-4-2-1-3-11(14)5-7-17(15)19-16;1-3-4-8-5-6(2)7;1-2/h1-9H,10H2;3H,1-2,4-5H2;2H2,1H3. The van der Waals surface area contributed by atoms with Crippen LogP contribution in [0.4, 0.5) is 8.78 Å². The number of fused-ring (bicyclic) bond motifs is 4. The van der Waals surface area contributed by atoms with Crippen LogP contribution in [0.2, 0.25) is 0 Å². The molecule has 4 rings (SSSR count). The van der Waals surface area contributed by atoms with E-state index in [1.54, 1.807) is 18.2 Å². The average molecular weight is 414 g/mol. The molecule has 1 heterocycles. The van der Waals surface area contributed by atoms with E-state index in [9.17, 15) is 8.78 Å². The summed E-state index contributed by atoms with van der Waals surface area (Å²) >= 11 is 0. The molecule has 0 amide bonds. The van der Waals surface area contributed by atoms with Crippen LogP contribution in [-0.4, -0.2) is 19.9 Å². The van der Waals surface area contributed by atoms with Crippen LogP contribution in [0.5, 0.6) is 11.5 Å². The Morgan fingerprint density at radius 1 is 1.14 bits per heavy atom. The number of rotatable bonds is 4. The van der Waals surface area contributed by atoms with Crippen molar-refractivity contribution in [2.75, 3.05) is 19.9 Å². The van der Waals surface area contributed by atoms with Crippen molar-refractivity contribution in [2.24, 2.45) is 0 Å². The van der Waals surface area contributed by atoms with E-state index in [0.717, 1.165) is 22.6 Å². The molecule has 0 bridgehead atoms. The highest BCUT2D eigenvalue weighted by atomic mass is 31.0. The van der Waals surface area contributed by atoms with Gasteiger partial charge in [-0.1, -0.05) is 49.7 Å². The highest BCUT2D eigenvalue weighted by Crippen LogP contribution is 2.40. The van der Waals surface area contributed by atoms with Gasteiger partial charge in [0.2, 0.25) is 0 Å². The van der Waals surface area contributed by atoms with Crippen LogP contribution in [0, 0.1) is 5.82 Å². The molecule has 0 aliphatic carbocycles. The lowest BCUT2D eigenvalue weighted by Crippen LogP contribution is -2.04. The molecular formula is C24H25F2O2P. The van der Waals surface area contributed by atoms with Crippen LogP contribution in [0.15, 0.2) is 79.7 Å². The van der Waals surface area contributed by atoms with E-state index in [1.165, 1.54) is 16.8 Å². The molecule has 1 atom stereocenters. The molecule has 152 valence electrons. The number of benzene rings is 3. The van der Waals surface area contributed by atoms with Crippen LogP contribution in [0.3, 0.4) is 0 Å². The minimum absolute atomic E-state index is 0.0218. The molecule has 5 heteroatoms. The number of ether oxygens (including phenoxy) is 2. The van der Waals surface area contributed by atoms with Gasteiger partial charge in [0, 0.05) is 17.5 Å². The molecule has 1 aliphatic rings. The Kier molecular flexibility index (Phi) is 8.98. The summed E-state index contributed by atoms with van der Waals surface area (Å²) in [5.74, 6) is 0.958. The second-order valence-corrected chi connectivity index (χ2v) is 6.12. The Hall–Kier alpha value is -2.55. The quantitative estimate of drug-likeness (QED) is 0.207.